The molecule has 1 aliphatic rings. The fourth-order valence-electron chi connectivity index (χ4n) is 2.69. The van der Waals surface area contributed by atoms with E-state index >= 15 is 0 Å². The lowest BCUT2D eigenvalue weighted by atomic mass is 10.3. The molecule has 7 heteroatoms. The Kier molecular flexibility index (Phi) is 3.21. The number of ether oxygens (including phenoxy) is 1. The molecule has 2 aromatic rings. The van der Waals surface area contributed by atoms with Crippen LogP contribution < -0.4 is 10.5 Å². The molecule has 0 spiro atoms. The second-order valence-electron chi connectivity index (χ2n) is 4.97. The lowest BCUT2D eigenvalue weighted by Gasteiger charge is -2.29. The van der Waals surface area contributed by atoms with E-state index in [4.69, 9.17) is 9.72 Å². The normalized spacial score (nSPS) is 16.1. The van der Waals surface area contributed by atoms with Crippen LogP contribution in [0.5, 0.6) is 0 Å². The SMILES string of the molecule is CCn1c(N2CCOCC2)nc2c(C)nn(C)c2c1=O. The second kappa shape index (κ2) is 4.90. The first-order valence-electron chi connectivity index (χ1n) is 6.90. The third kappa shape index (κ3) is 1.89. The third-order valence-corrected chi connectivity index (χ3v) is 3.70. The van der Waals surface area contributed by atoms with Gasteiger partial charge in [-0.1, -0.05) is 0 Å². The maximum absolute atomic E-state index is 12.7. The summed E-state index contributed by atoms with van der Waals surface area (Å²) in [6, 6.07) is 0. The Labute approximate surface area is 116 Å². The van der Waals surface area contributed by atoms with Gasteiger partial charge in [0.25, 0.3) is 5.56 Å². The molecule has 3 heterocycles. The van der Waals surface area contributed by atoms with E-state index in [1.165, 1.54) is 0 Å². The summed E-state index contributed by atoms with van der Waals surface area (Å²) in [5.41, 5.74) is 2.03. The highest BCUT2D eigenvalue weighted by atomic mass is 16.5. The Balaban J connectivity index is 2.25. The van der Waals surface area contributed by atoms with Crippen molar-refractivity contribution < 1.29 is 4.74 Å². The number of rotatable bonds is 2. The van der Waals surface area contributed by atoms with Gasteiger partial charge in [0, 0.05) is 26.7 Å². The van der Waals surface area contributed by atoms with E-state index < -0.39 is 0 Å². The Morgan fingerprint density at radius 1 is 1.30 bits per heavy atom. The van der Waals surface area contributed by atoms with Crippen molar-refractivity contribution in [2.45, 2.75) is 20.4 Å². The van der Waals surface area contributed by atoms with Gasteiger partial charge in [-0.2, -0.15) is 5.10 Å². The zero-order valence-corrected chi connectivity index (χ0v) is 12.1. The van der Waals surface area contributed by atoms with Crippen LogP contribution in [-0.4, -0.2) is 45.6 Å². The topological polar surface area (TPSA) is 65.2 Å². The van der Waals surface area contributed by atoms with E-state index in [2.05, 4.69) is 10.00 Å². The van der Waals surface area contributed by atoms with Gasteiger partial charge in [-0.3, -0.25) is 14.0 Å². The van der Waals surface area contributed by atoms with Gasteiger partial charge in [0.2, 0.25) is 5.95 Å². The van der Waals surface area contributed by atoms with Crippen LogP contribution in [0, 0.1) is 6.92 Å². The molecule has 0 unspecified atom stereocenters. The first-order valence-corrected chi connectivity index (χ1v) is 6.90. The maximum Gasteiger partial charge on any atom is 0.281 e. The summed E-state index contributed by atoms with van der Waals surface area (Å²) in [5.74, 6) is 0.726. The molecule has 0 aliphatic carbocycles. The van der Waals surface area contributed by atoms with Gasteiger partial charge in [-0.15, -0.1) is 0 Å². The van der Waals surface area contributed by atoms with Crippen LogP contribution in [0.4, 0.5) is 5.95 Å². The summed E-state index contributed by atoms with van der Waals surface area (Å²) in [4.78, 5) is 19.5. The highest BCUT2D eigenvalue weighted by Gasteiger charge is 2.21. The fourth-order valence-corrected chi connectivity index (χ4v) is 2.69. The van der Waals surface area contributed by atoms with Crippen LogP contribution in [-0.2, 0) is 18.3 Å². The molecule has 0 radical (unpaired) electrons. The van der Waals surface area contributed by atoms with Gasteiger partial charge in [0.1, 0.15) is 5.52 Å². The van der Waals surface area contributed by atoms with Gasteiger partial charge in [-0.25, -0.2) is 4.98 Å². The minimum atomic E-state index is -0.0258. The van der Waals surface area contributed by atoms with Crippen LogP contribution in [0.1, 0.15) is 12.6 Å². The third-order valence-electron chi connectivity index (χ3n) is 3.70. The molecular formula is C13H19N5O2. The summed E-state index contributed by atoms with van der Waals surface area (Å²) in [6.45, 7) is 7.30. The molecule has 0 aromatic carbocycles. The number of hydrogen-bond acceptors (Lipinski definition) is 5. The lowest BCUT2D eigenvalue weighted by molar-refractivity contribution is 0.121. The average Bonchev–Trinajstić information content (AvgIpc) is 2.74. The molecule has 20 heavy (non-hydrogen) atoms. The second-order valence-corrected chi connectivity index (χ2v) is 4.97. The summed E-state index contributed by atoms with van der Waals surface area (Å²) >= 11 is 0. The van der Waals surface area contributed by atoms with Crippen LogP contribution in [0.3, 0.4) is 0 Å². The Hall–Kier alpha value is -1.89. The molecular weight excluding hydrogens is 258 g/mol. The molecule has 0 saturated carbocycles. The van der Waals surface area contributed by atoms with Crippen molar-refractivity contribution in [1.29, 1.82) is 0 Å². The standard InChI is InChI=1S/C13H19N5O2/c1-4-18-12(19)11-10(9(2)15-16(11)3)14-13(18)17-5-7-20-8-6-17/h4-8H2,1-3H3. The van der Waals surface area contributed by atoms with Crippen LogP contribution in [0.2, 0.25) is 0 Å². The molecule has 2 aromatic heterocycles. The summed E-state index contributed by atoms with van der Waals surface area (Å²) in [5, 5.41) is 4.31. The quantitative estimate of drug-likeness (QED) is 0.789. The number of aromatic nitrogens is 4. The first-order chi connectivity index (χ1) is 9.63. The Morgan fingerprint density at radius 2 is 2.00 bits per heavy atom. The van der Waals surface area contributed by atoms with Gasteiger partial charge < -0.3 is 9.64 Å². The van der Waals surface area contributed by atoms with Gasteiger partial charge in [-0.05, 0) is 13.8 Å². The highest BCUT2D eigenvalue weighted by Crippen LogP contribution is 2.18. The monoisotopic (exact) mass is 277 g/mol. The Morgan fingerprint density at radius 3 is 2.65 bits per heavy atom. The van der Waals surface area contributed by atoms with E-state index in [0.29, 0.717) is 30.8 Å². The summed E-state index contributed by atoms with van der Waals surface area (Å²) in [6.07, 6.45) is 0. The summed E-state index contributed by atoms with van der Waals surface area (Å²) in [7, 11) is 1.78. The predicted molar refractivity (Wildman–Crippen MR) is 76.2 cm³/mol. The van der Waals surface area contributed by atoms with Crippen molar-refractivity contribution in [2.75, 3.05) is 31.2 Å². The first kappa shape index (κ1) is 13.1. The molecule has 1 fully saturated rings. The lowest BCUT2D eigenvalue weighted by Crippen LogP contribution is -2.40. The average molecular weight is 277 g/mol. The molecule has 0 atom stereocenters. The van der Waals surface area contributed by atoms with Crippen molar-refractivity contribution in [2.24, 2.45) is 7.05 Å². The number of fused-ring (bicyclic) bond motifs is 1. The van der Waals surface area contributed by atoms with Gasteiger partial charge >= 0.3 is 0 Å². The largest absolute Gasteiger partial charge is 0.378 e. The summed E-state index contributed by atoms with van der Waals surface area (Å²) < 4.78 is 8.70. The van der Waals surface area contributed by atoms with Gasteiger partial charge in [0.15, 0.2) is 5.52 Å². The number of morpholine rings is 1. The van der Waals surface area contributed by atoms with Crippen molar-refractivity contribution in [3.63, 3.8) is 0 Å². The fraction of sp³-hybridized carbons (Fsp3) is 0.615. The van der Waals surface area contributed by atoms with Crippen LogP contribution in [0.15, 0.2) is 4.79 Å². The highest BCUT2D eigenvalue weighted by molar-refractivity contribution is 5.77. The molecule has 0 bridgehead atoms. The minimum Gasteiger partial charge on any atom is -0.378 e. The van der Waals surface area contributed by atoms with Crippen molar-refractivity contribution >= 4 is 17.0 Å². The number of anilines is 1. The van der Waals surface area contributed by atoms with E-state index in [-0.39, 0.29) is 5.56 Å². The molecule has 7 nitrogen and oxygen atoms in total. The number of hydrogen-bond donors (Lipinski definition) is 0. The molecule has 1 saturated heterocycles. The van der Waals surface area contributed by atoms with E-state index in [9.17, 15) is 4.79 Å². The number of nitrogens with zero attached hydrogens (tertiary/aromatic N) is 5. The van der Waals surface area contributed by atoms with Crippen LogP contribution in [0.25, 0.3) is 11.0 Å². The van der Waals surface area contributed by atoms with Gasteiger partial charge in [0.05, 0.1) is 18.9 Å². The molecule has 1 aliphatic heterocycles. The smallest absolute Gasteiger partial charge is 0.281 e. The molecule has 108 valence electrons. The maximum atomic E-state index is 12.7. The molecule has 0 amide bonds. The van der Waals surface area contributed by atoms with E-state index in [1.807, 2.05) is 13.8 Å². The van der Waals surface area contributed by atoms with Crippen LogP contribution >= 0.6 is 0 Å². The zero-order chi connectivity index (χ0) is 14.3. The van der Waals surface area contributed by atoms with Crippen molar-refractivity contribution in [3.05, 3.63) is 16.0 Å². The molecule has 3 rings (SSSR count). The number of aryl methyl sites for hydroxylation is 2. The van der Waals surface area contributed by atoms with E-state index in [0.717, 1.165) is 24.7 Å². The zero-order valence-electron chi connectivity index (χ0n) is 12.1. The Bertz CT molecular complexity index is 697. The predicted octanol–water partition coefficient (Wildman–Crippen LogP) is 0.295. The molecule has 0 N–H and O–H groups in total. The van der Waals surface area contributed by atoms with E-state index in [1.54, 1.807) is 16.3 Å². The minimum absolute atomic E-state index is 0.0258. The van der Waals surface area contributed by atoms with Crippen molar-refractivity contribution in [3.8, 4) is 0 Å². The van der Waals surface area contributed by atoms with Crippen molar-refractivity contribution in [1.82, 2.24) is 19.3 Å².